The summed E-state index contributed by atoms with van der Waals surface area (Å²) in [7, 11) is 0. The van der Waals surface area contributed by atoms with Gasteiger partial charge in [-0.2, -0.15) is 0 Å². The molecule has 0 aliphatic carbocycles. The fraction of sp³-hybridized carbons (Fsp3) is 0.222. The van der Waals surface area contributed by atoms with Crippen LogP contribution in [0.15, 0.2) is 54.6 Å². The van der Waals surface area contributed by atoms with Crippen molar-refractivity contribution in [1.82, 2.24) is 0 Å². The van der Waals surface area contributed by atoms with Gasteiger partial charge in [-0.15, -0.1) is 0 Å². The van der Waals surface area contributed by atoms with Crippen LogP contribution in [0.25, 0.3) is 0 Å². The minimum absolute atomic E-state index is 0.0794. The number of aryl methyl sites for hydroxylation is 1. The number of hydrogen-bond acceptors (Lipinski definition) is 2. The molecule has 2 aromatic carbocycles. The molecular weight excluding hydrogens is 339 g/mol. The van der Waals surface area contributed by atoms with E-state index in [2.05, 4.69) is 0 Å². The normalized spacial score (nSPS) is 12.4. The molecule has 2 rings (SSSR count). The Hall–Kier alpha value is -1.86. The third kappa shape index (κ3) is 4.85. The van der Waals surface area contributed by atoms with Crippen LogP contribution < -0.4 is 0 Å². The average molecular weight is 358 g/mol. The minimum atomic E-state index is -0.851. The van der Waals surface area contributed by atoms with Gasteiger partial charge in [0, 0.05) is 0 Å². The van der Waals surface area contributed by atoms with Crippen molar-refractivity contribution in [3.05, 3.63) is 71.3 Å². The van der Waals surface area contributed by atoms with Crippen LogP contribution in [0.4, 0.5) is 0 Å². The fourth-order valence-electron chi connectivity index (χ4n) is 2.13. The van der Waals surface area contributed by atoms with Gasteiger partial charge in [-0.1, -0.05) is 0 Å². The molecule has 0 aliphatic heterocycles. The number of hydrogen-bond donors (Lipinski definition) is 1. The van der Waals surface area contributed by atoms with Crippen molar-refractivity contribution in [2.45, 2.75) is 23.3 Å². The van der Waals surface area contributed by atoms with Gasteiger partial charge in [0.2, 0.25) is 0 Å². The van der Waals surface area contributed by atoms with Gasteiger partial charge in [-0.05, 0) is 0 Å². The van der Waals surface area contributed by atoms with Crippen molar-refractivity contribution < 1.29 is 14.7 Å². The summed E-state index contributed by atoms with van der Waals surface area (Å²) in [6.45, 7) is 1.96. The van der Waals surface area contributed by atoms with Gasteiger partial charge in [0.15, 0.2) is 0 Å². The standard InChI is InChI=1S/C18H19AsO3/c1-13-7-9-15(10-8-13)17(20)11-16(18(21)22)19-12-14-5-3-2-4-6-14/h2-10,16,19H,11-12H2,1H3,(H,21,22). The van der Waals surface area contributed by atoms with Crippen molar-refractivity contribution in [2.75, 3.05) is 0 Å². The second-order valence-electron chi connectivity index (χ2n) is 5.25. The molecule has 0 amide bonds. The van der Waals surface area contributed by atoms with E-state index >= 15 is 0 Å². The van der Waals surface area contributed by atoms with Crippen LogP contribution in [0.2, 0.25) is 4.71 Å². The molecule has 0 aromatic heterocycles. The number of benzene rings is 2. The molecule has 3 nitrogen and oxygen atoms in total. The zero-order valence-electron chi connectivity index (χ0n) is 12.5. The molecule has 2 unspecified atom stereocenters. The van der Waals surface area contributed by atoms with Gasteiger partial charge in [-0.25, -0.2) is 0 Å². The van der Waals surface area contributed by atoms with E-state index in [0.29, 0.717) is 5.56 Å². The zero-order valence-corrected chi connectivity index (χ0v) is 14.5. The molecule has 2 aromatic rings. The van der Waals surface area contributed by atoms with Crippen LogP contribution in [0.3, 0.4) is 0 Å². The van der Waals surface area contributed by atoms with Gasteiger partial charge in [0.25, 0.3) is 0 Å². The van der Waals surface area contributed by atoms with Crippen molar-refractivity contribution in [3.8, 4) is 0 Å². The van der Waals surface area contributed by atoms with Crippen LogP contribution in [0, 0.1) is 6.92 Å². The van der Waals surface area contributed by atoms with E-state index in [-0.39, 0.29) is 12.2 Å². The summed E-state index contributed by atoms with van der Waals surface area (Å²) < 4.78 is -0.519. The maximum atomic E-state index is 12.2. The Bertz CT molecular complexity index is 635. The van der Waals surface area contributed by atoms with Gasteiger partial charge < -0.3 is 0 Å². The number of carbonyl (C=O) groups is 2. The van der Waals surface area contributed by atoms with Crippen LogP contribution in [0.1, 0.15) is 27.9 Å². The van der Waals surface area contributed by atoms with Gasteiger partial charge in [0.05, 0.1) is 0 Å². The van der Waals surface area contributed by atoms with Gasteiger partial charge >= 0.3 is 137 Å². The summed E-state index contributed by atoms with van der Waals surface area (Å²) in [5.41, 5.74) is 2.84. The second-order valence-corrected chi connectivity index (χ2v) is 8.31. The van der Waals surface area contributed by atoms with Crippen molar-refractivity contribution in [3.63, 3.8) is 0 Å². The number of aliphatic carboxylic acids is 1. The summed E-state index contributed by atoms with van der Waals surface area (Å²) in [5, 5.41) is 10.2. The molecular formula is C18H19AsO3. The predicted molar refractivity (Wildman–Crippen MR) is 88.8 cm³/mol. The van der Waals surface area contributed by atoms with Crippen molar-refractivity contribution in [2.24, 2.45) is 0 Å². The maximum absolute atomic E-state index is 12.2. The Morgan fingerprint density at radius 2 is 1.68 bits per heavy atom. The summed E-state index contributed by atoms with van der Waals surface area (Å²) in [5.74, 6) is -0.930. The quantitative estimate of drug-likeness (QED) is 0.611. The molecule has 0 spiro atoms. The fourth-order valence-corrected chi connectivity index (χ4v) is 4.69. The average Bonchev–Trinajstić information content (AvgIpc) is 2.52. The number of carbonyl (C=O) groups excluding carboxylic acids is 1. The molecule has 0 bridgehead atoms. The van der Waals surface area contributed by atoms with E-state index in [9.17, 15) is 14.7 Å². The number of carboxylic acid groups (broad SMARTS) is 1. The third-order valence-corrected chi connectivity index (χ3v) is 6.72. The topological polar surface area (TPSA) is 54.4 Å². The first-order valence-electron chi connectivity index (χ1n) is 7.16. The molecule has 0 saturated heterocycles. The predicted octanol–water partition coefficient (Wildman–Crippen LogP) is 3.08. The SMILES string of the molecule is Cc1ccc(C(=O)CC([AsH]Cc2ccccc2)C(=O)O)cc1. The molecule has 22 heavy (non-hydrogen) atoms. The Kier molecular flexibility index (Phi) is 5.97. The third-order valence-electron chi connectivity index (χ3n) is 3.46. The van der Waals surface area contributed by atoms with E-state index in [1.807, 2.05) is 49.4 Å². The summed E-state index contributed by atoms with van der Waals surface area (Å²) in [6, 6.07) is 17.2. The van der Waals surface area contributed by atoms with E-state index in [0.717, 1.165) is 16.3 Å². The van der Waals surface area contributed by atoms with Crippen LogP contribution >= 0.6 is 0 Å². The molecule has 114 valence electrons. The molecule has 1 N–H and O–H groups in total. The first-order chi connectivity index (χ1) is 10.6. The molecule has 0 saturated carbocycles. The molecule has 2 atom stereocenters. The molecule has 0 radical (unpaired) electrons. The van der Waals surface area contributed by atoms with E-state index < -0.39 is 26.4 Å². The van der Waals surface area contributed by atoms with Crippen LogP contribution in [-0.4, -0.2) is 32.6 Å². The number of Topliss-reactive ketones (excluding diaryl/α,β-unsaturated/α-hetero) is 1. The first-order valence-corrected chi connectivity index (χ1v) is 9.86. The number of rotatable bonds is 7. The molecule has 0 aliphatic rings. The Morgan fingerprint density at radius 3 is 2.27 bits per heavy atom. The van der Waals surface area contributed by atoms with Crippen LogP contribution in [0.5, 0.6) is 0 Å². The summed E-state index contributed by atoms with van der Waals surface area (Å²) >= 11 is -0.760. The number of carboxylic acids is 1. The van der Waals surface area contributed by atoms with E-state index in [1.165, 1.54) is 0 Å². The Morgan fingerprint density at radius 1 is 1.05 bits per heavy atom. The van der Waals surface area contributed by atoms with Crippen molar-refractivity contribution >= 4 is 27.5 Å². The van der Waals surface area contributed by atoms with Gasteiger partial charge in [-0.3, -0.25) is 0 Å². The van der Waals surface area contributed by atoms with Crippen molar-refractivity contribution in [1.29, 1.82) is 0 Å². The van der Waals surface area contributed by atoms with Gasteiger partial charge in [0.1, 0.15) is 0 Å². The molecule has 4 heteroatoms. The summed E-state index contributed by atoms with van der Waals surface area (Å²) in [6.07, 6.45) is 0.102. The summed E-state index contributed by atoms with van der Waals surface area (Å²) in [4.78, 5) is 23.7. The number of ketones is 1. The Labute approximate surface area is 137 Å². The second kappa shape index (κ2) is 7.95. The molecule has 0 fully saturated rings. The van der Waals surface area contributed by atoms with E-state index in [4.69, 9.17) is 0 Å². The Balaban J connectivity index is 1.98. The first kappa shape index (κ1) is 16.5. The van der Waals surface area contributed by atoms with Crippen LogP contribution in [-0.2, 0) is 10.0 Å². The monoisotopic (exact) mass is 358 g/mol. The van der Waals surface area contributed by atoms with E-state index in [1.54, 1.807) is 12.1 Å². The zero-order chi connectivity index (χ0) is 15.9. The molecule has 0 heterocycles.